The van der Waals surface area contributed by atoms with Crippen molar-refractivity contribution in [3.8, 4) is 0 Å². The van der Waals surface area contributed by atoms with Gasteiger partial charge < -0.3 is 18.9 Å². The van der Waals surface area contributed by atoms with Crippen LogP contribution in [0.4, 0.5) is 0 Å². The Hall–Kier alpha value is -2.87. The van der Waals surface area contributed by atoms with Gasteiger partial charge in [0.25, 0.3) is 0 Å². The van der Waals surface area contributed by atoms with Crippen molar-refractivity contribution >= 4 is 17.5 Å². The van der Waals surface area contributed by atoms with E-state index in [9.17, 15) is 14.4 Å². The van der Waals surface area contributed by atoms with Crippen LogP contribution in [0.3, 0.4) is 0 Å². The van der Waals surface area contributed by atoms with E-state index in [0.717, 1.165) is 0 Å². The van der Waals surface area contributed by atoms with E-state index in [0.29, 0.717) is 22.3 Å². The zero-order valence-corrected chi connectivity index (χ0v) is 16.8. The Labute approximate surface area is 168 Å². The molecule has 2 aromatic carbocycles. The zero-order valence-electron chi connectivity index (χ0n) is 16.8. The third kappa shape index (κ3) is 3.60. The van der Waals surface area contributed by atoms with Gasteiger partial charge in [-0.05, 0) is 28.8 Å². The fourth-order valence-corrected chi connectivity index (χ4v) is 3.62. The molecule has 0 N–H and O–H groups in total. The summed E-state index contributed by atoms with van der Waals surface area (Å²) >= 11 is 0. The molecule has 0 heterocycles. The average molecular weight is 398 g/mol. The third-order valence-corrected chi connectivity index (χ3v) is 4.87. The molecule has 29 heavy (non-hydrogen) atoms. The summed E-state index contributed by atoms with van der Waals surface area (Å²) in [6, 6.07) is 6.48. The van der Waals surface area contributed by atoms with Gasteiger partial charge in [-0.3, -0.25) is 9.59 Å². The lowest BCUT2D eigenvalue weighted by Crippen LogP contribution is -2.26. The second kappa shape index (κ2) is 8.65. The summed E-state index contributed by atoms with van der Waals surface area (Å²) in [4.78, 5) is 39.0. The first-order chi connectivity index (χ1) is 14.0. The van der Waals surface area contributed by atoms with E-state index in [1.54, 1.807) is 12.1 Å². The summed E-state index contributed by atoms with van der Waals surface area (Å²) in [7, 11) is 5.79. The Morgan fingerprint density at radius 1 is 0.724 bits per heavy atom. The highest BCUT2D eigenvalue weighted by Crippen LogP contribution is 2.34. The maximum Gasteiger partial charge on any atom is 0.338 e. The molecule has 0 saturated heterocycles. The number of carbonyl (C=O) groups is 3. The fraction of sp³-hybridized carbons (Fsp3) is 0.318. The van der Waals surface area contributed by atoms with Crippen LogP contribution in [0.1, 0.15) is 58.9 Å². The first kappa shape index (κ1) is 20.9. The van der Waals surface area contributed by atoms with Crippen molar-refractivity contribution in [2.24, 2.45) is 0 Å². The minimum atomic E-state index is -0.601. The van der Waals surface area contributed by atoms with Gasteiger partial charge in [-0.25, -0.2) is 4.79 Å². The molecule has 0 unspecified atom stereocenters. The van der Waals surface area contributed by atoms with Gasteiger partial charge in [0.1, 0.15) is 0 Å². The maximum absolute atomic E-state index is 13.4. The Morgan fingerprint density at radius 3 is 1.62 bits per heavy atom. The van der Waals surface area contributed by atoms with Crippen LogP contribution in [0.25, 0.3) is 0 Å². The molecule has 1 aliphatic carbocycles. The second-order valence-electron chi connectivity index (χ2n) is 6.64. The normalized spacial score (nSPS) is 12.6. The minimum absolute atomic E-state index is 0.0979. The highest BCUT2D eigenvalue weighted by molar-refractivity contribution is 6.29. The summed E-state index contributed by atoms with van der Waals surface area (Å²) in [5, 5.41) is 0. The van der Waals surface area contributed by atoms with Gasteiger partial charge in [-0.1, -0.05) is 12.1 Å². The van der Waals surface area contributed by atoms with Gasteiger partial charge in [-0.2, -0.15) is 0 Å². The summed E-state index contributed by atoms with van der Waals surface area (Å²) in [5.41, 5.74) is 2.89. The van der Waals surface area contributed by atoms with Crippen LogP contribution in [0.5, 0.6) is 0 Å². The molecule has 152 valence electrons. The number of fused-ring (bicyclic) bond motifs is 2. The van der Waals surface area contributed by atoms with E-state index in [1.807, 2.05) is 0 Å². The van der Waals surface area contributed by atoms with Crippen LogP contribution in [0.15, 0.2) is 24.3 Å². The molecule has 0 atom stereocenters. The van der Waals surface area contributed by atoms with E-state index in [1.165, 1.54) is 40.6 Å². The van der Waals surface area contributed by atoms with Gasteiger partial charge in [0.2, 0.25) is 0 Å². The average Bonchev–Trinajstić information content (AvgIpc) is 2.72. The minimum Gasteiger partial charge on any atom is -0.465 e. The van der Waals surface area contributed by atoms with Crippen molar-refractivity contribution in [2.75, 3.05) is 28.4 Å². The maximum atomic E-state index is 13.4. The summed E-state index contributed by atoms with van der Waals surface area (Å²) in [6.07, 6.45) is 0. The Kier molecular flexibility index (Phi) is 6.22. The summed E-state index contributed by atoms with van der Waals surface area (Å²) in [6.45, 7) is 0.464. The molecule has 0 fully saturated rings. The monoisotopic (exact) mass is 398 g/mol. The van der Waals surface area contributed by atoms with Gasteiger partial charge in [0.05, 0.1) is 32.5 Å². The third-order valence-electron chi connectivity index (χ3n) is 4.87. The highest BCUT2D eigenvalue weighted by Gasteiger charge is 2.35. The van der Waals surface area contributed by atoms with Crippen LogP contribution in [0.2, 0.25) is 0 Å². The van der Waals surface area contributed by atoms with Gasteiger partial charge in [-0.15, -0.1) is 0 Å². The topological polar surface area (TPSA) is 88.1 Å². The molecule has 1 aliphatic rings. The van der Waals surface area contributed by atoms with E-state index < -0.39 is 5.97 Å². The lowest BCUT2D eigenvalue weighted by atomic mass is 9.78. The fourth-order valence-electron chi connectivity index (χ4n) is 3.62. The standard InChI is InChI=1S/C22H22O7/c1-26-9-12-5-6-13(10-27-2)19-18(12)20(23)16-7-14(11-28-3)15(22(25)29-4)8-17(16)21(19)24/h5-8H,9-11H2,1-4H3. The van der Waals surface area contributed by atoms with Crippen molar-refractivity contribution in [2.45, 2.75) is 19.8 Å². The predicted octanol–water partition coefficient (Wildman–Crippen LogP) is 2.69. The molecule has 7 heteroatoms. The largest absolute Gasteiger partial charge is 0.465 e. The number of hydrogen-bond acceptors (Lipinski definition) is 7. The zero-order chi connectivity index (χ0) is 21.1. The summed E-state index contributed by atoms with van der Waals surface area (Å²) < 4.78 is 20.4. The van der Waals surface area contributed by atoms with E-state index in [4.69, 9.17) is 18.9 Å². The number of rotatable bonds is 7. The first-order valence-corrected chi connectivity index (χ1v) is 8.94. The molecule has 0 spiro atoms. The highest BCUT2D eigenvalue weighted by atomic mass is 16.5. The number of esters is 1. The molecule has 7 nitrogen and oxygen atoms in total. The van der Waals surface area contributed by atoms with Crippen molar-refractivity contribution in [1.82, 2.24) is 0 Å². The van der Waals surface area contributed by atoms with Gasteiger partial charge >= 0.3 is 5.97 Å². The van der Waals surface area contributed by atoms with E-state index in [2.05, 4.69) is 0 Å². The van der Waals surface area contributed by atoms with Crippen LogP contribution in [-0.2, 0) is 38.8 Å². The quantitative estimate of drug-likeness (QED) is 0.566. The molecular formula is C22H22O7. The van der Waals surface area contributed by atoms with Crippen LogP contribution in [-0.4, -0.2) is 46.0 Å². The Morgan fingerprint density at radius 2 is 1.17 bits per heavy atom. The second-order valence-corrected chi connectivity index (χ2v) is 6.64. The van der Waals surface area contributed by atoms with Crippen LogP contribution in [0, 0.1) is 0 Å². The SMILES string of the molecule is COCc1cc2c(cc1C(=O)OC)C(=O)c1c(COC)ccc(COC)c1C2=O. The lowest BCUT2D eigenvalue weighted by molar-refractivity contribution is 0.0595. The van der Waals surface area contributed by atoms with Crippen molar-refractivity contribution in [3.05, 3.63) is 68.8 Å². The molecule has 2 aromatic rings. The number of methoxy groups -OCH3 is 4. The Balaban J connectivity index is 2.29. The number of carbonyl (C=O) groups excluding carboxylic acids is 3. The first-order valence-electron chi connectivity index (χ1n) is 8.94. The molecular weight excluding hydrogens is 376 g/mol. The van der Waals surface area contributed by atoms with E-state index in [-0.39, 0.29) is 53.6 Å². The molecule has 0 saturated carbocycles. The number of benzene rings is 2. The summed E-state index contributed by atoms with van der Waals surface area (Å²) in [5.74, 6) is -1.24. The number of ketones is 2. The van der Waals surface area contributed by atoms with Crippen LogP contribution < -0.4 is 0 Å². The van der Waals surface area contributed by atoms with Gasteiger partial charge in [0, 0.05) is 43.6 Å². The number of hydrogen-bond donors (Lipinski definition) is 0. The molecule has 0 bridgehead atoms. The van der Waals surface area contributed by atoms with Crippen molar-refractivity contribution in [3.63, 3.8) is 0 Å². The molecule has 0 aliphatic heterocycles. The molecule has 0 amide bonds. The van der Waals surface area contributed by atoms with Crippen LogP contribution >= 0.6 is 0 Å². The van der Waals surface area contributed by atoms with Gasteiger partial charge in [0.15, 0.2) is 11.6 Å². The predicted molar refractivity (Wildman–Crippen MR) is 103 cm³/mol. The van der Waals surface area contributed by atoms with E-state index >= 15 is 0 Å². The Bertz CT molecular complexity index is 991. The smallest absolute Gasteiger partial charge is 0.338 e. The van der Waals surface area contributed by atoms with Crippen molar-refractivity contribution < 1.29 is 33.3 Å². The van der Waals surface area contributed by atoms with Crippen molar-refractivity contribution in [1.29, 1.82) is 0 Å². The lowest BCUT2D eigenvalue weighted by Gasteiger charge is -2.24. The molecule has 0 radical (unpaired) electrons. The molecule has 0 aromatic heterocycles. The number of ether oxygens (including phenoxy) is 4. The molecule has 3 rings (SSSR count).